The number of furan rings is 1. The van der Waals surface area contributed by atoms with E-state index < -0.39 is 21.0 Å². The molecule has 1 unspecified atom stereocenters. The summed E-state index contributed by atoms with van der Waals surface area (Å²) in [4.78, 5) is 10.2. The zero-order valence-electron chi connectivity index (χ0n) is 11.2. The van der Waals surface area contributed by atoms with Crippen molar-refractivity contribution in [2.24, 2.45) is 0 Å². The number of thiophene rings is 1. The Morgan fingerprint density at radius 3 is 2.67 bits per heavy atom. The lowest BCUT2D eigenvalue weighted by atomic mass is 10.3. The first-order chi connectivity index (χ1) is 9.85. The monoisotopic (exact) mass is 331 g/mol. The van der Waals surface area contributed by atoms with Crippen LogP contribution in [0.3, 0.4) is 0 Å². The van der Waals surface area contributed by atoms with Crippen molar-refractivity contribution in [3.05, 3.63) is 40.3 Å². The highest BCUT2D eigenvalue weighted by atomic mass is 32.2. The van der Waals surface area contributed by atoms with Crippen molar-refractivity contribution in [3.63, 3.8) is 0 Å². The Bertz CT molecular complexity index is 736. The van der Waals surface area contributed by atoms with Crippen LogP contribution in [0, 0.1) is 10.1 Å². The minimum atomic E-state index is -3.87. The van der Waals surface area contributed by atoms with E-state index in [0.29, 0.717) is 5.76 Å². The van der Waals surface area contributed by atoms with Crippen molar-refractivity contribution in [2.75, 3.05) is 12.4 Å². The predicted octanol–water partition coefficient (Wildman–Crippen LogP) is 2.33. The van der Waals surface area contributed by atoms with Gasteiger partial charge >= 0.3 is 5.69 Å². The molecular weight excluding hydrogens is 318 g/mol. The van der Waals surface area contributed by atoms with Crippen LogP contribution in [0.1, 0.15) is 18.7 Å². The summed E-state index contributed by atoms with van der Waals surface area (Å²) in [6.45, 7) is 1.62. The maximum atomic E-state index is 12.2. The van der Waals surface area contributed by atoms with Gasteiger partial charge in [-0.1, -0.05) is 11.3 Å². The Balaban J connectivity index is 2.29. The van der Waals surface area contributed by atoms with Gasteiger partial charge in [-0.3, -0.25) is 10.1 Å². The number of anilines is 1. The lowest BCUT2D eigenvalue weighted by Crippen LogP contribution is -2.25. The predicted molar refractivity (Wildman–Crippen MR) is 78.0 cm³/mol. The standard InChI is InChI=1S/C11H13N3O5S2/c1-7(9-4-3-5-19-9)13-21(17,18)10-6-8(14(15)16)11(12-2)20-10/h3-7,12-13H,1-2H3. The molecule has 2 aromatic rings. The van der Waals surface area contributed by atoms with E-state index in [1.807, 2.05) is 0 Å². The molecule has 0 spiro atoms. The molecule has 0 aliphatic carbocycles. The second-order valence-electron chi connectivity index (χ2n) is 4.15. The number of nitro groups is 1. The zero-order valence-corrected chi connectivity index (χ0v) is 12.8. The van der Waals surface area contributed by atoms with Gasteiger partial charge in [-0.25, -0.2) is 13.1 Å². The Kier molecular flexibility index (Phi) is 4.30. The van der Waals surface area contributed by atoms with Gasteiger partial charge in [0.15, 0.2) is 5.00 Å². The molecule has 2 N–H and O–H groups in total. The summed E-state index contributed by atoms with van der Waals surface area (Å²) in [6, 6.07) is 3.75. The van der Waals surface area contributed by atoms with E-state index in [2.05, 4.69) is 10.0 Å². The quantitative estimate of drug-likeness (QED) is 0.620. The maximum Gasteiger partial charge on any atom is 0.304 e. The van der Waals surface area contributed by atoms with Gasteiger partial charge in [-0.2, -0.15) is 0 Å². The second-order valence-corrected chi connectivity index (χ2v) is 7.14. The summed E-state index contributed by atoms with van der Waals surface area (Å²) in [7, 11) is -2.37. The van der Waals surface area contributed by atoms with Crippen molar-refractivity contribution < 1.29 is 17.8 Å². The second kappa shape index (κ2) is 5.84. The summed E-state index contributed by atoms with van der Waals surface area (Å²) in [5.41, 5.74) is -0.270. The van der Waals surface area contributed by atoms with E-state index in [-0.39, 0.29) is 14.9 Å². The van der Waals surface area contributed by atoms with Crippen LogP contribution in [0.15, 0.2) is 33.1 Å². The number of hydrogen-bond acceptors (Lipinski definition) is 7. The molecule has 0 saturated carbocycles. The summed E-state index contributed by atoms with van der Waals surface area (Å²) in [6.07, 6.45) is 1.44. The fourth-order valence-corrected chi connectivity index (χ4v) is 4.20. The molecule has 21 heavy (non-hydrogen) atoms. The van der Waals surface area contributed by atoms with Crippen molar-refractivity contribution in [2.45, 2.75) is 17.2 Å². The van der Waals surface area contributed by atoms with E-state index in [9.17, 15) is 18.5 Å². The van der Waals surface area contributed by atoms with Crippen LogP contribution in [0.5, 0.6) is 0 Å². The first-order valence-electron chi connectivity index (χ1n) is 5.87. The van der Waals surface area contributed by atoms with E-state index in [0.717, 1.165) is 17.4 Å². The average molecular weight is 331 g/mol. The smallest absolute Gasteiger partial charge is 0.304 e. The lowest BCUT2D eigenvalue weighted by Gasteiger charge is -2.10. The minimum Gasteiger partial charge on any atom is -0.468 e. The van der Waals surface area contributed by atoms with Crippen LogP contribution >= 0.6 is 11.3 Å². The van der Waals surface area contributed by atoms with Gasteiger partial charge in [0, 0.05) is 13.1 Å². The first-order valence-corrected chi connectivity index (χ1v) is 8.17. The van der Waals surface area contributed by atoms with Gasteiger partial charge in [0.1, 0.15) is 9.97 Å². The van der Waals surface area contributed by atoms with Crippen molar-refractivity contribution in [1.82, 2.24) is 4.72 Å². The number of sulfonamides is 1. The highest BCUT2D eigenvalue weighted by Crippen LogP contribution is 2.36. The molecule has 0 bridgehead atoms. The third-order valence-electron chi connectivity index (χ3n) is 2.68. The Hall–Kier alpha value is -1.91. The largest absolute Gasteiger partial charge is 0.468 e. The van der Waals surface area contributed by atoms with Crippen LogP contribution in [0.4, 0.5) is 10.7 Å². The molecule has 114 valence electrons. The van der Waals surface area contributed by atoms with Crippen LogP contribution < -0.4 is 10.0 Å². The molecule has 2 rings (SSSR count). The molecule has 2 aromatic heterocycles. The molecule has 0 amide bonds. The summed E-state index contributed by atoms with van der Waals surface area (Å²) >= 11 is 0.800. The van der Waals surface area contributed by atoms with Crippen molar-refractivity contribution >= 4 is 32.0 Å². The summed E-state index contributed by atoms with van der Waals surface area (Å²) < 4.78 is 31.9. The molecule has 8 nitrogen and oxygen atoms in total. The van der Waals surface area contributed by atoms with Crippen LogP contribution in [-0.2, 0) is 10.0 Å². The summed E-state index contributed by atoms with van der Waals surface area (Å²) in [5.74, 6) is 0.457. The number of nitrogens with zero attached hydrogens (tertiary/aromatic N) is 1. The van der Waals surface area contributed by atoms with Crippen LogP contribution in [0.25, 0.3) is 0 Å². The fourth-order valence-electron chi connectivity index (χ4n) is 1.69. The van der Waals surface area contributed by atoms with Crippen molar-refractivity contribution in [3.8, 4) is 0 Å². The van der Waals surface area contributed by atoms with E-state index in [1.165, 1.54) is 13.3 Å². The molecule has 1 atom stereocenters. The topological polar surface area (TPSA) is 114 Å². The van der Waals surface area contributed by atoms with E-state index >= 15 is 0 Å². The van der Waals surface area contributed by atoms with Crippen LogP contribution in [-0.4, -0.2) is 20.4 Å². The molecule has 10 heteroatoms. The highest BCUT2D eigenvalue weighted by Gasteiger charge is 2.27. The molecule has 0 saturated heterocycles. The lowest BCUT2D eigenvalue weighted by molar-refractivity contribution is -0.383. The van der Waals surface area contributed by atoms with Gasteiger partial charge in [0.25, 0.3) is 10.0 Å². The molecular formula is C11H13N3O5S2. The molecule has 0 aromatic carbocycles. The third-order valence-corrected chi connectivity index (χ3v) is 5.84. The highest BCUT2D eigenvalue weighted by molar-refractivity contribution is 7.91. The van der Waals surface area contributed by atoms with Gasteiger partial charge in [0.2, 0.25) is 0 Å². The average Bonchev–Trinajstić information content (AvgIpc) is 3.07. The van der Waals surface area contributed by atoms with E-state index in [4.69, 9.17) is 4.42 Å². The van der Waals surface area contributed by atoms with Crippen LogP contribution in [0.2, 0.25) is 0 Å². The molecule has 0 fully saturated rings. The Labute approximate surface area is 125 Å². The number of rotatable bonds is 6. The number of hydrogen-bond donors (Lipinski definition) is 2. The summed E-state index contributed by atoms with van der Waals surface area (Å²) in [5, 5.41) is 13.7. The minimum absolute atomic E-state index is 0.128. The first kappa shape index (κ1) is 15.5. The van der Waals surface area contributed by atoms with Gasteiger partial charge in [-0.05, 0) is 19.1 Å². The molecule has 0 aliphatic heterocycles. The van der Waals surface area contributed by atoms with Gasteiger partial charge < -0.3 is 9.73 Å². The fraction of sp³-hybridized carbons (Fsp3) is 0.273. The SMILES string of the molecule is CNc1sc(S(=O)(=O)NC(C)c2ccco2)cc1[N+](=O)[O-]. The van der Waals surface area contributed by atoms with Gasteiger partial charge in [-0.15, -0.1) is 0 Å². The van der Waals surface area contributed by atoms with E-state index in [1.54, 1.807) is 19.1 Å². The normalized spacial score (nSPS) is 13.0. The zero-order chi connectivity index (χ0) is 15.6. The van der Waals surface area contributed by atoms with Crippen molar-refractivity contribution in [1.29, 1.82) is 0 Å². The Morgan fingerprint density at radius 1 is 1.48 bits per heavy atom. The van der Waals surface area contributed by atoms with Gasteiger partial charge in [0.05, 0.1) is 17.2 Å². The maximum absolute atomic E-state index is 12.2. The molecule has 2 heterocycles. The molecule has 0 aliphatic rings. The Morgan fingerprint density at radius 2 is 2.19 bits per heavy atom. The molecule has 0 radical (unpaired) electrons. The number of nitrogens with one attached hydrogen (secondary N) is 2. The third kappa shape index (κ3) is 3.23.